The van der Waals surface area contributed by atoms with Gasteiger partial charge in [-0.15, -0.1) is 0 Å². The highest BCUT2D eigenvalue weighted by Gasteiger charge is 2.38. The van der Waals surface area contributed by atoms with E-state index in [1.54, 1.807) is 0 Å². The molecule has 0 unspecified atom stereocenters. The summed E-state index contributed by atoms with van der Waals surface area (Å²) in [6, 6.07) is 38.8. The van der Waals surface area contributed by atoms with Gasteiger partial charge in [-0.25, -0.2) is 0 Å². The first kappa shape index (κ1) is 19.5. The Balaban J connectivity index is 1.95. The number of ether oxygens (including phenoxy) is 1. The summed E-state index contributed by atoms with van der Waals surface area (Å²) in [4.78, 5) is 10.7. The maximum Gasteiger partial charge on any atom is 0.128 e. The minimum atomic E-state index is -1.24. The molecule has 3 heteroatoms. The lowest BCUT2D eigenvalue weighted by Gasteiger charge is -2.36. The Kier molecular flexibility index (Phi) is 5.62. The lowest BCUT2D eigenvalue weighted by Crippen LogP contribution is -2.31. The molecule has 4 aromatic rings. The monoisotopic (exact) mass is 393 g/mol. The molecular weight excluding hydrogens is 372 g/mol. The quantitative estimate of drug-likeness (QED) is 0.442. The van der Waals surface area contributed by atoms with Crippen LogP contribution in [-0.4, -0.2) is 12.6 Å². The SMILES string of the molecule is O=C([O-])COc1ccc(C(c2ccccc2)(c2ccccc2)c2ccccc2)cc1. The topological polar surface area (TPSA) is 49.4 Å². The van der Waals surface area contributed by atoms with Gasteiger partial charge in [0.25, 0.3) is 0 Å². The predicted octanol–water partition coefficient (Wildman–Crippen LogP) is 4.20. The average Bonchev–Trinajstić information content (AvgIpc) is 2.81. The largest absolute Gasteiger partial charge is 0.546 e. The van der Waals surface area contributed by atoms with Crippen molar-refractivity contribution in [3.05, 3.63) is 138 Å². The molecule has 0 bridgehead atoms. The van der Waals surface area contributed by atoms with Gasteiger partial charge in [-0.1, -0.05) is 103 Å². The van der Waals surface area contributed by atoms with Gasteiger partial charge in [-0.05, 0) is 34.4 Å². The van der Waals surface area contributed by atoms with Crippen LogP contribution in [0.2, 0.25) is 0 Å². The summed E-state index contributed by atoms with van der Waals surface area (Å²) in [6.07, 6.45) is 0. The normalized spacial score (nSPS) is 11.1. The fourth-order valence-corrected chi connectivity index (χ4v) is 4.01. The molecule has 0 saturated carbocycles. The molecule has 0 spiro atoms. The van der Waals surface area contributed by atoms with Gasteiger partial charge < -0.3 is 14.6 Å². The molecule has 0 heterocycles. The van der Waals surface area contributed by atoms with Crippen LogP contribution in [0.4, 0.5) is 0 Å². The lowest BCUT2D eigenvalue weighted by atomic mass is 9.65. The van der Waals surface area contributed by atoms with E-state index < -0.39 is 18.0 Å². The third-order valence-corrected chi connectivity index (χ3v) is 5.26. The zero-order chi connectivity index (χ0) is 20.8. The maximum absolute atomic E-state index is 10.7. The van der Waals surface area contributed by atoms with Crippen LogP contribution in [0.1, 0.15) is 22.3 Å². The predicted molar refractivity (Wildman–Crippen MR) is 115 cm³/mol. The molecule has 30 heavy (non-hydrogen) atoms. The van der Waals surface area contributed by atoms with Gasteiger partial charge in [0.15, 0.2) is 0 Å². The number of carboxylic acid groups (broad SMARTS) is 1. The molecular formula is C27H21O3-. The van der Waals surface area contributed by atoms with Crippen molar-refractivity contribution in [2.45, 2.75) is 5.41 Å². The number of hydrogen-bond acceptors (Lipinski definition) is 3. The van der Waals surface area contributed by atoms with E-state index in [4.69, 9.17) is 4.74 Å². The minimum absolute atomic E-state index is 0.472. The number of carboxylic acids is 1. The summed E-state index contributed by atoms with van der Waals surface area (Å²) in [7, 11) is 0. The Morgan fingerprint density at radius 3 is 1.33 bits per heavy atom. The van der Waals surface area contributed by atoms with Crippen molar-refractivity contribution in [3.63, 3.8) is 0 Å². The van der Waals surface area contributed by atoms with E-state index in [-0.39, 0.29) is 0 Å². The first-order valence-corrected chi connectivity index (χ1v) is 9.81. The van der Waals surface area contributed by atoms with Crippen molar-refractivity contribution in [1.82, 2.24) is 0 Å². The third-order valence-electron chi connectivity index (χ3n) is 5.26. The van der Waals surface area contributed by atoms with Crippen LogP contribution in [0, 0.1) is 0 Å². The van der Waals surface area contributed by atoms with Gasteiger partial charge in [0.2, 0.25) is 0 Å². The van der Waals surface area contributed by atoms with Crippen LogP contribution in [-0.2, 0) is 10.2 Å². The molecule has 0 atom stereocenters. The Labute approximate surface area is 176 Å². The number of carbonyl (C=O) groups excluding carboxylic acids is 1. The first-order chi connectivity index (χ1) is 14.7. The highest BCUT2D eigenvalue weighted by Crippen LogP contribution is 2.45. The zero-order valence-corrected chi connectivity index (χ0v) is 16.4. The van der Waals surface area contributed by atoms with Crippen LogP contribution >= 0.6 is 0 Å². The smallest absolute Gasteiger partial charge is 0.128 e. The molecule has 0 fully saturated rings. The molecule has 0 aromatic heterocycles. The summed E-state index contributed by atoms with van der Waals surface area (Å²) in [5, 5.41) is 10.7. The second-order valence-electron chi connectivity index (χ2n) is 7.03. The molecule has 0 aliphatic carbocycles. The molecule has 0 amide bonds. The van der Waals surface area contributed by atoms with Crippen LogP contribution in [0.25, 0.3) is 0 Å². The number of benzene rings is 4. The minimum Gasteiger partial charge on any atom is -0.546 e. The summed E-state index contributed by atoms with van der Waals surface area (Å²) in [6.45, 7) is -0.472. The number of carbonyl (C=O) groups is 1. The van der Waals surface area contributed by atoms with E-state index in [0.29, 0.717) is 5.75 Å². The van der Waals surface area contributed by atoms with E-state index in [9.17, 15) is 9.90 Å². The molecule has 148 valence electrons. The van der Waals surface area contributed by atoms with Crippen molar-refractivity contribution >= 4 is 5.97 Å². The fraction of sp³-hybridized carbons (Fsp3) is 0.0741. The van der Waals surface area contributed by atoms with E-state index in [0.717, 1.165) is 22.3 Å². The molecule has 4 rings (SSSR count). The van der Waals surface area contributed by atoms with E-state index in [1.807, 2.05) is 78.9 Å². The molecule has 4 aromatic carbocycles. The standard InChI is InChI=1S/C27H22O3/c28-26(29)20-30-25-18-16-24(17-19-25)27(21-10-4-1-5-11-21,22-12-6-2-7-13-22)23-14-8-3-9-15-23/h1-19H,20H2,(H,28,29)/p-1. The van der Waals surface area contributed by atoms with Crippen LogP contribution < -0.4 is 9.84 Å². The van der Waals surface area contributed by atoms with Gasteiger partial charge in [0.05, 0.1) is 11.4 Å². The van der Waals surface area contributed by atoms with Crippen molar-refractivity contribution < 1.29 is 14.6 Å². The molecule has 3 nitrogen and oxygen atoms in total. The van der Waals surface area contributed by atoms with E-state index in [2.05, 4.69) is 36.4 Å². The Hall–Kier alpha value is -3.85. The number of aliphatic carboxylic acids is 1. The van der Waals surface area contributed by atoms with Gasteiger partial charge in [0.1, 0.15) is 12.4 Å². The van der Waals surface area contributed by atoms with Gasteiger partial charge >= 0.3 is 0 Å². The van der Waals surface area contributed by atoms with Crippen molar-refractivity contribution in [2.24, 2.45) is 0 Å². The number of hydrogen-bond donors (Lipinski definition) is 0. The second kappa shape index (κ2) is 8.66. The van der Waals surface area contributed by atoms with E-state index >= 15 is 0 Å². The second-order valence-corrected chi connectivity index (χ2v) is 7.03. The molecule has 0 N–H and O–H groups in total. The van der Waals surface area contributed by atoms with Crippen LogP contribution in [0.5, 0.6) is 5.75 Å². The highest BCUT2D eigenvalue weighted by molar-refractivity contribution is 5.66. The number of rotatable bonds is 7. The fourth-order valence-electron chi connectivity index (χ4n) is 4.01. The van der Waals surface area contributed by atoms with Crippen LogP contribution in [0.15, 0.2) is 115 Å². The van der Waals surface area contributed by atoms with E-state index in [1.165, 1.54) is 0 Å². The summed E-state index contributed by atoms with van der Waals surface area (Å²) < 4.78 is 5.29. The molecule has 0 saturated heterocycles. The van der Waals surface area contributed by atoms with Crippen molar-refractivity contribution in [2.75, 3.05) is 6.61 Å². The Bertz CT molecular complexity index is 993. The van der Waals surface area contributed by atoms with Gasteiger partial charge in [-0.2, -0.15) is 0 Å². The van der Waals surface area contributed by atoms with Crippen molar-refractivity contribution in [3.8, 4) is 5.75 Å². The first-order valence-electron chi connectivity index (χ1n) is 9.81. The van der Waals surface area contributed by atoms with Crippen molar-refractivity contribution in [1.29, 1.82) is 0 Å². The summed E-state index contributed by atoms with van der Waals surface area (Å²) in [5.41, 5.74) is 3.96. The third kappa shape index (κ3) is 3.70. The Morgan fingerprint density at radius 2 is 0.967 bits per heavy atom. The van der Waals surface area contributed by atoms with Crippen LogP contribution in [0.3, 0.4) is 0 Å². The zero-order valence-electron chi connectivity index (χ0n) is 16.4. The molecule has 0 aliphatic rings. The highest BCUT2D eigenvalue weighted by atomic mass is 16.5. The molecule has 0 radical (unpaired) electrons. The summed E-state index contributed by atoms with van der Waals surface area (Å²) in [5.74, 6) is -0.752. The van der Waals surface area contributed by atoms with Gasteiger partial charge in [0, 0.05) is 0 Å². The molecule has 0 aliphatic heterocycles. The van der Waals surface area contributed by atoms with Gasteiger partial charge in [-0.3, -0.25) is 0 Å². The Morgan fingerprint density at radius 1 is 0.600 bits per heavy atom. The maximum atomic E-state index is 10.7. The lowest BCUT2D eigenvalue weighted by molar-refractivity contribution is -0.307. The summed E-state index contributed by atoms with van der Waals surface area (Å²) >= 11 is 0. The average molecular weight is 393 g/mol.